The Hall–Kier alpha value is -2.28. The number of carbonyl (C=O) groups is 1. The maximum Gasteiger partial charge on any atom is 0.247 e. The van der Waals surface area contributed by atoms with Gasteiger partial charge in [0.1, 0.15) is 18.7 Å². The van der Waals surface area contributed by atoms with Gasteiger partial charge in [0.05, 0.1) is 5.69 Å². The Morgan fingerprint density at radius 3 is 2.58 bits per heavy atom. The van der Waals surface area contributed by atoms with E-state index in [1.807, 2.05) is 43.1 Å². The van der Waals surface area contributed by atoms with Crippen LogP contribution in [0.2, 0.25) is 0 Å². The molecule has 0 radical (unpaired) electrons. The van der Waals surface area contributed by atoms with Gasteiger partial charge < -0.3 is 4.90 Å². The van der Waals surface area contributed by atoms with Gasteiger partial charge in [0.25, 0.3) is 0 Å². The zero-order chi connectivity index (χ0) is 16.9. The number of rotatable bonds is 5. The molecule has 0 aromatic carbocycles. The minimum Gasteiger partial charge on any atom is -0.338 e. The second-order valence-corrected chi connectivity index (χ2v) is 6.49. The second-order valence-electron chi connectivity index (χ2n) is 6.49. The summed E-state index contributed by atoms with van der Waals surface area (Å²) >= 11 is 0. The monoisotopic (exact) mass is 328 g/mol. The highest BCUT2D eigenvalue weighted by Gasteiger charge is 2.31. The van der Waals surface area contributed by atoms with Crippen molar-refractivity contribution in [1.82, 2.24) is 29.5 Å². The molecule has 1 aliphatic rings. The van der Waals surface area contributed by atoms with Crippen LogP contribution in [0.3, 0.4) is 0 Å². The highest BCUT2D eigenvalue weighted by atomic mass is 16.2. The fourth-order valence-corrected chi connectivity index (χ4v) is 3.10. The standard InChI is InChI=1S/C17H24N6O/c1-14(2)16(23-13-18-12-20-23)17(24)22-9-7-21(8-10-22)11-15-5-3-4-6-19-15/h3-6,12-14,16H,7-11H2,1-2H3. The van der Waals surface area contributed by atoms with Crippen molar-refractivity contribution in [2.75, 3.05) is 26.2 Å². The molecule has 0 bridgehead atoms. The largest absolute Gasteiger partial charge is 0.338 e. The molecule has 0 aliphatic carbocycles. The molecule has 3 rings (SSSR count). The topological polar surface area (TPSA) is 67.2 Å². The molecule has 7 nitrogen and oxygen atoms in total. The highest BCUT2D eigenvalue weighted by molar-refractivity contribution is 5.80. The molecule has 1 atom stereocenters. The van der Waals surface area contributed by atoms with E-state index in [0.29, 0.717) is 0 Å². The summed E-state index contributed by atoms with van der Waals surface area (Å²) in [6.07, 6.45) is 4.92. The Morgan fingerprint density at radius 1 is 1.21 bits per heavy atom. The molecule has 1 aliphatic heterocycles. The van der Waals surface area contributed by atoms with Crippen LogP contribution in [0.4, 0.5) is 0 Å². The zero-order valence-corrected chi connectivity index (χ0v) is 14.2. The number of carbonyl (C=O) groups excluding carboxylic acids is 1. The number of piperazine rings is 1. The van der Waals surface area contributed by atoms with Crippen LogP contribution in [0.1, 0.15) is 25.6 Å². The van der Waals surface area contributed by atoms with Crippen LogP contribution in [-0.4, -0.2) is 61.6 Å². The maximum absolute atomic E-state index is 12.9. The van der Waals surface area contributed by atoms with Crippen LogP contribution < -0.4 is 0 Å². The number of hydrogen-bond acceptors (Lipinski definition) is 5. The summed E-state index contributed by atoms with van der Waals surface area (Å²) < 4.78 is 1.67. The first-order valence-corrected chi connectivity index (χ1v) is 8.40. The van der Waals surface area contributed by atoms with Gasteiger partial charge in [-0.15, -0.1) is 0 Å². The molecule has 0 N–H and O–H groups in total. The van der Waals surface area contributed by atoms with Gasteiger partial charge >= 0.3 is 0 Å². The smallest absolute Gasteiger partial charge is 0.247 e. The van der Waals surface area contributed by atoms with E-state index in [1.54, 1.807) is 11.0 Å². The average Bonchev–Trinajstić information content (AvgIpc) is 3.10. The van der Waals surface area contributed by atoms with Crippen molar-refractivity contribution in [1.29, 1.82) is 0 Å². The number of amides is 1. The van der Waals surface area contributed by atoms with E-state index < -0.39 is 0 Å². The summed E-state index contributed by atoms with van der Waals surface area (Å²) in [5, 5.41) is 4.16. The molecular formula is C17H24N6O. The van der Waals surface area contributed by atoms with Gasteiger partial charge in [-0.05, 0) is 18.1 Å². The third-order valence-electron chi connectivity index (χ3n) is 4.40. The van der Waals surface area contributed by atoms with E-state index in [9.17, 15) is 4.79 Å². The van der Waals surface area contributed by atoms with Gasteiger partial charge in [0, 0.05) is 38.9 Å². The second kappa shape index (κ2) is 7.53. The molecule has 2 aromatic rings. The van der Waals surface area contributed by atoms with E-state index in [-0.39, 0.29) is 17.9 Å². The van der Waals surface area contributed by atoms with Crippen LogP contribution in [0.5, 0.6) is 0 Å². The lowest BCUT2D eigenvalue weighted by Crippen LogP contribution is -2.51. The lowest BCUT2D eigenvalue weighted by atomic mass is 10.0. The molecule has 24 heavy (non-hydrogen) atoms. The molecule has 1 amide bonds. The zero-order valence-electron chi connectivity index (χ0n) is 14.2. The van der Waals surface area contributed by atoms with Gasteiger partial charge in [-0.25, -0.2) is 9.67 Å². The van der Waals surface area contributed by atoms with Crippen molar-refractivity contribution in [3.63, 3.8) is 0 Å². The summed E-state index contributed by atoms with van der Waals surface area (Å²) in [7, 11) is 0. The number of pyridine rings is 1. The Bertz CT molecular complexity index is 634. The van der Waals surface area contributed by atoms with Crippen molar-refractivity contribution < 1.29 is 4.79 Å². The lowest BCUT2D eigenvalue weighted by molar-refractivity contribution is -0.138. The van der Waals surface area contributed by atoms with E-state index in [0.717, 1.165) is 38.4 Å². The lowest BCUT2D eigenvalue weighted by Gasteiger charge is -2.36. The fourth-order valence-electron chi connectivity index (χ4n) is 3.10. The van der Waals surface area contributed by atoms with Crippen molar-refractivity contribution in [2.24, 2.45) is 5.92 Å². The number of hydrogen-bond donors (Lipinski definition) is 0. The van der Waals surface area contributed by atoms with Crippen molar-refractivity contribution in [3.05, 3.63) is 42.7 Å². The summed E-state index contributed by atoms with van der Waals surface area (Å²) in [6, 6.07) is 5.69. The third-order valence-corrected chi connectivity index (χ3v) is 4.40. The van der Waals surface area contributed by atoms with Gasteiger partial charge in [-0.3, -0.25) is 14.7 Å². The molecule has 2 aromatic heterocycles. The predicted octanol–water partition coefficient (Wildman–Crippen LogP) is 1.21. The van der Waals surface area contributed by atoms with E-state index >= 15 is 0 Å². The Morgan fingerprint density at radius 2 is 2.00 bits per heavy atom. The summed E-state index contributed by atoms with van der Waals surface area (Å²) in [6.45, 7) is 8.13. The molecular weight excluding hydrogens is 304 g/mol. The fraction of sp³-hybridized carbons (Fsp3) is 0.529. The van der Waals surface area contributed by atoms with E-state index in [1.165, 1.54) is 6.33 Å². The minimum absolute atomic E-state index is 0.132. The molecule has 0 saturated carbocycles. The molecule has 128 valence electrons. The van der Waals surface area contributed by atoms with Crippen LogP contribution in [0, 0.1) is 5.92 Å². The Kier molecular flexibility index (Phi) is 5.20. The van der Waals surface area contributed by atoms with Crippen molar-refractivity contribution in [2.45, 2.75) is 26.4 Å². The molecule has 3 heterocycles. The highest BCUT2D eigenvalue weighted by Crippen LogP contribution is 2.20. The average molecular weight is 328 g/mol. The quantitative estimate of drug-likeness (QED) is 0.825. The van der Waals surface area contributed by atoms with Crippen LogP contribution >= 0.6 is 0 Å². The van der Waals surface area contributed by atoms with Crippen LogP contribution in [0.25, 0.3) is 0 Å². The number of aromatic nitrogens is 4. The molecule has 0 spiro atoms. The Labute approximate surface area is 142 Å². The number of nitrogens with zero attached hydrogens (tertiary/aromatic N) is 6. The summed E-state index contributed by atoms with van der Waals surface area (Å²) in [5.41, 5.74) is 1.07. The van der Waals surface area contributed by atoms with Gasteiger partial charge in [-0.1, -0.05) is 19.9 Å². The van der Waals surface area contributed by atoms with Crippen molar-refractivity contribution in [3.8, 4) is 0 Å². The van der Waals surface area contributed by atoms with E-state index in [2.05, 4.69) is 20.0 Å². The normalized spacial score (nSPS) is 17.2. The maximum atomic E-state index is 12.9. The van der Waals surface area contributed by atoms with Gasteiger partial charge in [0.15, 0.2) is 0 Å². The summed E-state index contributed by atoms with van der Waals surface area (Å²) in [4.78, 5) is 25.5. The minimum atomic E-state index is -0.283. The predicted molar refractivity (Wildman–Crippen MR) is 90.0 cm³/mol. The Balaban J connectivity index is 1.58. The van der Waals surface area contributed by atoms with Crippen molar-refractivity contribution >= 4 is 5.91 Å². The first-order valence-electron chi connectivity index (χ1n) is 8.40. The molecule has 1 fully saturated rings. The van der Waals surface area contributed by atoms with Crippen LogP contribution in [0.15, 0.2) is 37.1 Å². The van der Waals surface area contributed by atoms with E-state index in [4.69, 9.17) is 0 Å². The molecule has 1 saturated heterocycles. The van der Waals surface area contributed by atoms with Crippen LogP contribution in [-0.2, 0) is 11.3 Å². The summed E-state index contributed by atoms with van der Waals surface area (Å²) in [5.74, 6) is 0.304. The van der Waals surface area contributed by atoms with Gasteiger partial charge in [-0.2, -0.15) is 5.10 Å². The first-order chi connectivity index (χ1) is 11.6. The SMILES string of the molecule is CC(C)C(C(=O)N1CCN(Cc2ccccn2)CC1)n1cncn1. The third kappa shape index (κ3) is 3.79. The molecule has 1 unspecified atom stereocenters. The van der Waals surface area contributed by atoms with Gasteiger partial charge in [0.2, 0.25) is 5.91 Å². The molecule has 7 heteroatoms. The first kappa shape index (κ1) is 16.6.